The van der Waals surface area contributed by atoms with E-state index in [4.69, 9.17) is 25.9 Å². The van der Waals surface area contributed by atoms with Crippen molar-refractivity contribution in [3.05, 3.63) is 40.7 Å². The molecule has 2 heterocycles. The summed E-state index contributed by atoms with van der Waals surface area (Å²) >= 11 is 6.00. The van der Waals surface area contributed by atoms with E-state index >= 15 is 0 Å². The summed E-state index contributed by atoms with van der Waals surface area (Å²) in [5.74, 6) is -0.545. The molecule has 178 valence electrons. The van der Waals surface area contributed by atoms with E-state index in [-0.39, 0.29) is 45.5 Å². The third-order valence-corrected chi connectivity index (χ3v) is 4.91. The largest absolute Gasteiger partial charge is 0.496 e. The van der Waals surface area contributed by atoms with Gasteiger partial charge in [0, 0.05) is 25.9 Å². The lowest BCUT2D eigenvalue weighted by molar-refractivity contribution is -0.216. The molecule has 3 aromatic rings. The number of aryl methyl sites for hydroxylation is 1. The van der Waals surface area contributed by atoms with Crippen molar-refractivity contribution >= 4 is 39.9 Å². The molecule has 0 fully saturated rings. The van der Waals surface area contributed by atoms with Crippen molar-refractivity contribution in [2.24, 2.45) is 7.05 Å². The number of hydrogen-bond donors (Lipinski definition) is 2. The molecule has 13 heteroatoms. The molecule has 33 heavy (non-hydrogen) atoms. The Bertz CT molecular complexity index is 1170. The quantitative estimate of drug-likeness (QED) is 0.361. The molecule has 1 atom stereocenters. The van der Waals surface area contributed by atoms with E-state index in [9.17, 15) is 18.0 Å². The molecule has 9 nitrogen and oxygen atoms in total. The minimum absolute atomic E-state index is 0.0758. The van der Waals surface area contributed by atoms with Gasteiger partial charge in [-0.25, -0.2) is 10.5 Å². The zero-order valence-corrected chi connectivity index (χ0v) is 18.8. The first-order chi connectivity index (χ1) is 15.6. The lowest BCUT2D eigenvalue weighted by Gasteiger charge is -2.22. The first-order valence-corrected chi connectivity index (χ1v) is 9.97. The number of carbonyl (C=O) groups excluding carboxylic acids is 1. The number of carbonyl (C=O) groups is 1. The van der Waals surface area contributed by atoms with Gasteiger partial charge < -0.3 is 14.8 Å². The number of ether oxygens (including phenoxy) is 2. The van der Waals surface area contributed by atoms with E-state index in [0.717, 1.165) is 7.11 Å². The predicted octanol–water partition coefficient (Wildman–Crippen LogP) is 4.31. The molecule has 0 saturated carbocycles. The van der Waals surface area contributed by atoms with Gasteiger partial charge in [-0.3, -0.25) is 14.3 Å². The molecule has 0 aliphatic rings. The summed E-state index contributed by atoms with van der Waals surface area (Å²) in [7, 11) is 3.83. The molecule has 0 saturated heterocycles. The van der Waals surface area contributed by atoms with Crippen LogP contribution in [0.3, 0.4) is 0 Å². The number of benzene rings is 1. The number of methoxy groups -OCH3 is 2. The van der Waals surface area contributed by atoms with Gasteiger partial charge in [0.25, 0.3) is 5.91 Å². The van der Waals surface area contributed by atoms with Gasteiger partial charge in [0.15, 0.2) is 11.9 Å². The highest BCUT2D eigenvalue weighted by Gasteiger charge is 2.43. The Labute approximate surface area is 191 Å². The van der Waals surface area contributed by atoms with Crippen molar-refractivity contribution < 1.29 is 32.3 Å². The topological polar surface area (TPSA) is 99.5 Å². The van der Waals surface area contributed by atoms with Crippen molar-refractivity contribution in [1.29, 1.82) is 0 Å². The Balaban J connectivity index is 2.17. The number of aromatic nitrogens is 3. The van der Waals surface area contributed by atoms with Gasteiger partial charge in [-0.05, 0) is 19.1 Å². The smallest absolute Gasteiger partial charge is 0.418 e. The van der Waals surface area contributed by atoms with Gasteiger partial charge in [-0.15, -0.1) is 0 Å². The average molecular weight is 488 g/mol. The van der Waals surface area contributed by atoms with E-state index in [1.165, 1.54) is 36.2 Å². The Morgan fingerprint density at radius 3 is 2.64 bits per heavy atom. The second-order valence-corrected chi connectivity index (χ2v) is 7.14. The lowest BCUT2D eigenvalue weighted by Crippen LogP contribution is -2.24. The van der Waals surface area contributed by atoms with Crippen molar-refractivity contribution in [2.75, 3.05) is 26.1 Å². The van der Waals surface area contributed by atoms with E-state index in [1.807, 2.05) is 0 Å². The second-order valence-electron chi connectivity index (χ2n) is 6.75. The molecule has 1 amide bonds. The third-order valence-electron chi connectivity index (χ3n) is 4.70. The zero-order chi connectivity index (χ0) is 24.3. The summed E-state index contributed by atoms with van der Waals surface area (Å²) < 4.78 is 52.3. The predicted molar refractivity (Wildman–Crippen MR) is 115 cm³/mol. The summed E-state index contributed by atoms with van der Waals surface area (Å²) in [6, 6.07) is 4.14. The zero-order valence-electron chi connectivity index (χ0n) is 18.1. The van der Waals surface area contributed by atoms with Crippen LogP contribution in [0, 0.1) is 0 Å². The number of rotatable bonds is 8. The normalized spacial score (nSPS) is 12.6. The van der Waals surface area contributed by atoms with Crippen molar-refractivity contribution in [2.45, 2.75) is 19.2 Å². The highest BCUT2D eigenvalue weighted by molar-refractivity contribution is 6.29. The fraction of sp³-hybridized carbons (Fsp3) is 0.350. The summed E-state index contributed by atoms with van der Waals surface area (Å²) in [6.07, 6.45) is -5.65. The lowest BCUT2D eigenvalue weighted by atomic mass is 10.0. The van der Waals surface area contributed by atoms with Crippen molar-refractivity contribution in [3.63, 3.8) is 0 Å². The maximum absolute atomic E-state index is 13.6. The highest BCUT2D eigenvalue weighted by atomic mass is 35.5. The van der Waals surface area contributed by atoms with Crippen LogP contribution in [0.5, 0.6) is 5.75 Å². The van der Waals surface area contributed by atoms with Crippen LogP contribution >= 0.6 is 11.6 Å². The van der Waals surface area contributed by atoms with Crippen LogP contribution in [0.25, 0.3) is 10.9 Å². The van der Waals surface area contributed by atoms with Crippen LogP contribution in [0.1, 0.15) is 28.9 Å². The first-order valence-electron chi connectivity index (χ1n) is 9.60. The number of halogens is 4. The molecule has 0 radical (unpaired) electrons. The Morgan fingerprint density at radius 2 is 2.03 bits per heavy atom. The number of hydroxylamine groups is 1. The molecular weight excluding hydrogens is 467 g/mol. The molecule has 0 spiro atoms. The summed E-state index contributed by atoms with van der Waals surface area (Å²) in [5, 5.41) is 7.64. The van der Waals surface area contributed by atoms with E-state index in [1.54, 1.807) is 14.0 Å². The summed E-state index contributed by atoms with van der Waals surface area (Å²) in [4.78, 5) is 21.3. The number of hydrogen-bond acceptors (Lipinski definition) is 7. The third kappa shape index (κ3) is 4.97. The standard InChI is InChI=1S/C20H21ClF3N5O4/c1-5-33-28-19(30)11-9-25-14(21)8-12(11)26-18-15-13(29(2)27-18)7-6-10(16(15)31-3)17(32-4)20(22,23)24/h6-9,17H,5H2,1-4H3,(H,28,30)(H,25,26,27). The van der Waals surface area contributed by atoms with Gasteiger partial charge in [0.2, 0.25) is 0 Å². The van der Waals surface area contributed by atoms with E-state index < -0.39 is 18.2 Å². The average Bonchev–Trinajstić information content (AvgIpc) is 3.06. The second kappa shape index (κ2) is 9.81. The first kappa shape index (κ1) is 24.6. The maximum atomic E-state index is 13.6. The molecule has 0 aliphatic heterocycles. The van der Waals surface area contributed by atoms with Crippen molar-refractivity contribution in [3.8, 4) is 5.75 Å². The Hall–Kier alpha value is -3.09. The Kier molecular flexibility index (Phi) is 7.30. The molecule has 0 aliphatic carbocycles. The molecule has 1 unspecified atom stereocenters. The summed E-state index contributed by atoms with van der Waals surface area (Å²) in [5.41, 5.74) is 2.79. The number of nitrogens with zero attached hydrogens (tertiary/aromatic N) is 3. The minimum Gasteiger partial charge on any atom is -0.496 e. The van der Waals surface area contributed by atoms with Crippen LogP contribution in [0.4, 0.5) is 24.7 Å². The van der Waals surface area contributed by atoms with E-state index in [2.05, 4.69) is 20.9 Å². The number of fused-ring (bicyclic) bond motifs is 1. The molecule has 0 bridgehead atoms. The van der Waals surface area contributed by atoms with Gasteiger partial charge in [-0.1, -0.05) is 17.7 Å². The van der Waals surface area contributed by atoms with Crippen LogP contribution in [0.2, 0.25) is 5.15 Å². The monoisotopic (exact) mass is 487 g/mol. The molecule has 1 aromatic carbocycles. The summed E-state index contributed by atoms with van der Waals surface area (Å²) in [6.45, 7) is 1.93. The SMILES string of the molecule is CCONC(=O)c1cnc(Cl)cc1Nc1nn(C)c2ccc(C(OC)C(F)(F)F)c(OC)c12. The molecule has 2 N–H and O–H groups in total. The van der Waals surface area contributed by atoms with Crippen molar-refractivity contribution in [1.82, 2.24) is 20.2 Å². The van der Waals surface area contributed by atoms with E-state index in [0.29, 0.717) is 5.52 Å². The number of amides is 1. The number of nitrogens with one attached hydrogen (secondary N) is 2. The molecule has 2 aromatic heterocycles. The van der Waals surface area contributed by atoms with Gasteiger partial charge >= 0.3 is 6.18 Å². The number of anilines is 2. The van der Waals surface area contributed by atoms with Gasteiger partial charge in [0.1, 0.15) is 10.9 Å². The van der Waals surface area contributed by atoms with Gasteiger partial charge in [-0.2, -0.15) is 18.3 Å². The van der Waals surface area contributed by atoms with Crippen LogP contribution < -0.4 is 15.5 Å². The highest BCUT2D eigenvalue weighted by Crippen LogP contribution is 2.44. The number of alkyl halides is 3. The van der Waals surface area contributed by atoms with Gasteiger partial charge in [0.05, 0.1) is 35.9 Å². The van der Waals surface area contributed by atoms with Crippen LogP contribution in [-0.4, -0.2) is 47.7 Å². The van der Waals surface area contributed by atoms with Crippen LogP contribution in [-0.2, 0) is 16.6 Å². The number of pyridine rings is 1. The maximum Gasteiger partial charge on any atom is 0.418 e. The molecule has 3 rings (SSSR count). The minimum atomic E-state index is -4.67. The molecular formula is C20H21ClF3N5O4. The fourth-order valence-electron chi connectivity index (χ4n) is 3.33. The fourth-order valence-corrected chi connectivity index (χ4v) is 3.48. The van der Waals surface area contributed by atoms with Crippen LogP contribution in [0.15, 0.2) is 24.4 Å². The Morgan fingerprint density at radius 1 is 1.30 bits per heavy atom.